The molecule has 0 radical (unpaired) electrons. The van der Waals surface area contributed by atoms with Crippen LogP contribution in [0.1, 0.15) is 32.1 Å². The quantitative estimate of drug-likeness (QED) is 0.718. The van der Waals surface area contributed by atoms with E-state index < -0.39 is 5.97 Å². The third kappa shape index (κ3) is 4.14. The normalized spacial score (nSPS) is 15.9. The zero-order valence-electron chi connectivity index (χ0n) is 9.03. The average molecular weight is 211 g/mol. The maximum atomic E-state index is 11.5. The van der Waals surface area contributed by atoms with Crippen LogP contribution in [0.3, 0.4) is 0 Å². The van der Waals surface area contributed by atoms with Gasteiger partial charge in [0.15, 0.2) is 0 Å². The van der Waals surface area contributed by atoms with Crippen molar-refractivity contribution in [2.24, 2.45) is 0 Å². The molecule has 0 heterocycles. The Kier molecular flexibility index (Phi) is 4.34. The van der Waals surface area contributed by atoms with E-state index in [1.54, 1.807) is 6.08 Å². The third-order valence-corrected chi connectivity index (χ3v) is 2.57. The minimum atomic E-state index is -0.979. The summed E-state index contributed by atoms with van der Waals surface area (Å²) in [5.41, 5.74) is 1.16. The first kappa shape index (κ1) is 11.8. The maximum absolute atomic E-state index is 11.5. The van der Waals surface area contributed by atoms with Crippen molar-refractivity contribution in [3.8, 4) is 0 Å². The molecule has 0 aromatic heterocycles. The summed E-state index contributed by atoms with van der Waals surface area (Å²) in [5.74, 6) is -1.18. The summed E-state index contributed by atoms with van der Waals surface area (Å²) < 4.78 is 0. The molecule has 1 amide bonds. The molecule has 0 aromatic carbocycles. The van der Waals surface area contributed by atoms with E-state index in [2.05, 4.69) is 0 Å². The van der Waals surface area contributed by atoms with Gasteiger partial charge in [-0.25, -0.2) is 0 Å². The van der Waals surface area contributed by atoms with Gasteiger partial charge in [0, 0.05) is 13.1 Å². The second kappa shape index (κ2) is 5.53. The van der Waals surface area contributed by atoms with Gasteiger partial charge in [-0.05, 0) is 25.7 Å². The number of likely N-dealkylation sites (N-methyl/N-ethyl adjacent to an activating group) is 1. The molecule has 0 unspecified atom stereocenters. The van der Waals surface area contributed by atoms with E-state index >= 15 is 0 Å². The topological polar surface area (TPSA) is 57.6 Å². The van der Waals surface area contributed by atoms with E-state index in [1.807, 2.05) is 0 Å². The number of hydrogen-bond donors (Lipinski definition) is 1. The molecule has 0 aliphatic heterocycles. The Bertz CT molecular complexity index is 276. The summed E-state index contributed by atoms with van der Waals surface area (Å²) in [5, 5.41) is 8.52. The molecule has 1 N–H and O–H groups in total. The molecule has 0 saturated heterocycles. The van der Waals surface area contributed by atoms with Crippen LogP contribution in [-0.2, 0) is 9.59 Å². The second-order valence-corrected chi connectivity index (χ2v) is 3.95. The van der Waals surface area contributed by atoms with Gasteiger partial charge in [0.1, 0.15) is 6.54 Å². The van der Waals surface area contributed by atoms with Crippen LogP contribution >= 0.6 is 0 Å². The fraction of sp³-hybridized carbons (Fsp3) is 0.636. The fourth-order valence-electron chi connectivity index (χ4n) is 1.72. The van der Waals surface area contributed by atoms with Gasteiger partial charge < -0.3 is 10.0 Å². The number of carbonyl (C=O) groups excluding carboxylic acids is 1. The molecule has 84 valence electrons. The monoisotopic (exact) mass is 211 g/mol. The van der Waals surface area contributed by atoms with Crippen molar-refractivity contribution in [1.82, 2.24) is 4.90 Å². The SMILES string of the molecule is CN(CC(=O)O)C(=O)C=C1CCCCC1. The Hall–Kier alpha value is -1.32. The van der Waals surface area contributed by atoms with Gasteiger partial charge in [-0.2, -0.15) is 0 Å². The van der Waals surface area contributed by atoms with Crippen LogP contribution in [0.5, 0.6) is 0 Å². The molecule has 0 aromatic rings. The smallest absolute Gasteiger partial charge is 0.323 e. The Morgan fingerprint density at radius 1 is 1.33 bits per heavy atom. The van der Waals surface area contributed by atoms with Crippen molar-refractivity contribution < 1.29 is 14.7 Å². The lowest BCUT2D eigenvalue weighted by atomic mass is 9.94. The first-order chi connectivity index (χ1) is 7.09. The number of allylic oxidation sites excluding steroid dienone is 1. The van der Waals surface area contributed by atoms with Gasteiger partial charge in [0.05, 0.1) is 0 Å². The summed E-state index contributed by atoms with van der Waals surface area (Å²) >= 11 is 0. The average Bonchev–Trinajstić information content (AvgIpc) is 2.18. The molecule has 1 saturated carbocycles. The van der Waals surface area contributed by atoms with E-state index in [9.17, 15) is 9.59 Å². The van der Waals surface area contributed by atoms with Crippen molar-refractivity contribution in [3.63, 3.8) is 0 Å². The van der Waals surface area contributed by atoms with E-state index in [-0.39, 0.29) is 12.5 Å². The molecule has 0 bridgehead atoms. The van der Waals surface area contributed by atoms with Crippen molar-refractivity contribution in [2.75, 3.05) is 13.6 Å². The van der Waals surface area contributed by atoms with Crippen molar-refractivity contribution in [1.29, 1.82) is 0 Å². The zero-order valence-corrected chi connectivity index (χ0v) is 9.03. The molecule has 0 spiro atoms. The summed E-state index contributed by atoms with van der Waals surface area (Å²) in [4.78, 5) is 23.2. The largest absolute Gasteiger partial charge is 0.480 e. The Morgan fingerprint density at radius 2 is 1.93 bits per heavy atom. The Morgan fingerprint density at radius 3 is 2.47 bits per heavy atom. The standard InChI is InChI=1S/C11H17NO3/c1-12(8-11(14)15)10(13)7-9-5-3-2-4-6-9/h7H,2-6,8H2,1H3,(H,14,15). The van der Waals surface area contributed by atoms with Gasteiger partial charge in [-0.15, -0.1) is 0 Å². The number of carboxylic acid groups (broad SMARTS) is 1. The number of aliphatic carboxylic acids is 1. The van der Waals surface area contributed by atoms with Crippen molar-refractivity contribution in [2.45, 2.75) is 32.1 Å². The first-order valence-corrected chi connectivity index (χ1v) is 5.26. The lowest BCUT2D eigenvalue weighted by molar-refractivity contribution is -0.141. The Balaban J connectivity index is 2.48. The predicted molar refractivity (Wildman–Crippen MR) is 56.4 cm³/mol. The van der Waals surface area contributed by atoms with Gasteiger partial charge in [-0.3, -0.25) is 9.59 Å². The maximum Gasteiger partial charge on any atom is 0.323 e. The highest BCUT2D eigenvalue weighted by Gasteiger charge is 2.12. The molecular weight excluding hydrogens is 194 g/mol. The molecular formula is C11H17NO3. The van der Waals surface area contributed by atoms with Gasteiger partial charge >= 0.3 is 5.97 Å². The molecule has 4 heteroatoms. The van der Waals surface area contributed by atoms with Crippen molar-refractivity contribution in [3.05, 3.63) is 11.6 Å². The Labute approximate surface area is 89.6 Å². The highest BCUT2D eigenvalue weighted by molar-refractivity contribution is 5.90. The minimum Gasteiger partial charge on any atom is -0.480 e. The molecule has 1 aliphatic rings. The molecule has 1 rings (SSSR count). The molecule has 1 aliphatic carbocycles. The summed E-state index contributed by atoms with van der Waals surface area (Å²) in [6, 6.07) is 0. The number of hydrogen-bond acceptors (Lipinski definition) is 2. The molecule has 0 atom stereocenters. The van der Waals surface area contributed by atoms with Gasteiger partial charge in [-0.1, -0.05) is 12.0 Å². The van der Waals surface area contributed by atoms with Crippen LogP contribution in [-0.4, -0.2) is 35.5 Å². The lowest BCUT2D eigenvalue weighted by Crippen LogP contribution is -2.30. The minimum absolute atomic E-state index is 0.200. The van der Waals surface area contributed by atoms with Crippen LogP contribution in [0.15, 0.2) is 11.6 Å². The van der Waals surface area contributed by atoms with Gasteiger partial charge in [0.25, 0.3) is 0 Å². The number of carbonyl (C=O) groups is 2. The van der Waals surface area contributed by atoms with E-state index in [4.69, 9.17) is 5.11 Å². The summed E-state index contributed by atoms with van der Waals surface area (Å²) in [6.07, 6.45) is 7.07. The number of amides is 1. The second-order valence-electron chi connectivity index (χ2n) is 3.95. The van der Waals surface area contributed by atoms with E-state index in [0.717, 1.165) is 31.3 Å². The highest BCUT2D eigenvalue weighted by atomic mass is 16.4. The molecule has 4 nitrogen and oxygen atoms in total. The third-order valence-electron chi connectivity index (χ3n) is 2.57. The van der Waals surface area contributed by atoms with Crippen LogP contribution in [0.2, 0.25) is 0 Å². The fourth-order valence-corrected chi connectivity index (χ4v) is 1.72. The van der Waals surface area contributed by atoms with Crippen LogP contribution in [0.4, 0.5) is 0 Å². The van der Waals surface area contributed by atoms with E-state index in [1.165, 1.54) is 18.4 Å². The lowest BCUT2D eigenvalue weighted by Gasteiger charge is -2.16. The molecule has 15 heavy (non-hydrogen) atoms. The predicted octanol–water partition coefficient (Wildman–Crippen LogP) is 1.42. The summed E-state index contributed by atoms with van der Waals surface area (Å²) in [6.45, 7) is -0.234. The number of rotatable bonds is 3. The van der Waals surface area contributed by atoms with Crippen LogP contribution in [0.25, 0.3) is 0 Å². The number of nitrogens with zero attached hydrogens (tertiary/aromatic N) is 1. The highest BCUT2D eigenvalue weighted by Crippen LogP contribution is 2.22. The van der Waals surface area contributed by atoms with E-state index in [0.29, 0.717) is 0 Å². The van der Waals surface area contributed by atoms with Crippen LogP contribution in [0, 0.1) is 0 Å². The number of carboxylic acids is 1. The van der Waals surface area contributed by atoms with Gasteiger partial charge in [0.2, 0.25) is 5.91 Å². The first-order valence-electron chi connectivity index (χ1n) is 5.26. The van der Waals surface area contributed by atoms with Crippen molar-refractivity contribution >= 4 is 11.9 Å². The zero-order chi connectivity index (χ0) is 11.3. The van der Waals surface area contributed by atoms with Crippen LogP contribution < -0.4 is 0 Å². The molecule has 1 fully saturated rings. The summed E-state index contributed by atoms with van der Waals surface area (Å²) in [7, 11) is 1.51.